The van der Waals surface area contributed by atoms with Crippen LogP contribution in [0.3, 0.4) is 0 Å². The molecule has 0 bridgehead atoms. The van der Waals surface area contributed by atoms with Gasteiger partial charge >= 0.3 is 5.97 Å². The second kappa shape index (κ2) is 8.22. The van der Waals surface area contributed by atoms with Gasteiger partial charge in [-0.05, 0) is 41.0 Å². The number of ether oxygens (including phenoxy) is 5. The third kappa shape index (κ3) is 3.38. The number of rotatable bonds is 5. The second-order valence-corrected chi connectivity index (χ2v) is 8.35. The molecule has 2 N–H and O–H groups in total. The number of benzene rings is 2. The van der Waals surface area contributed by atoms with Crippen LogP contribution in [-0.4, -0.2) is 50.5 Å². The van der Waals surface area contributed by atoms with Crippen LogP contribution in [0.2, 0.25) is 0 Å². The maximum atomic E-state index is 13.0. The Balaban J connectivity index is 1.74. The van der Waals surface area contributed by atoms with Crippen LogP contribution in [0.4, 0.5) is 0 Å². The summed E-state index contributed by atoms with van der Waals surface area (Å²) < 4.78 is 27.3. The largest absolute Gasteiger partial charge is 0.502 e. The summed E-state index contributed by atoms with van der Waals surface area (Å²) in [7, 11) is 2.88. The number of phenols is 1. The number of hydrogen-bond acceptors (Lipinski definition) is 8. The average Bonchev–Trinajstić information content (AvgIpc) is 3.44. The fourth-order valence-electron chi connectivity index (χ4n) is 5.05. The molecule has 33 heavy (non-hydrogen) atoms. The third-order valence-electron chi connectivity index (χ3n) is 6.49. The summed E-state index contributed by atoms with van der Waals surface area (Å²) in [4.78, 5) is 25.2. The summed E-state index contributed by atoms with van der Waals surface area (Å²) in [6, 6.07) is 6.51. The van der Waals surface area contributed by atoms with Gasteiger partial charge in [0, 0.05) is 11.8 Å². The van der Waals surface area contributed by atoms with Crippen molar-refractivity contribution < 1.29 is 38.4 Å². The van der Waals surface area contributed by atoms with Gasteiger partial charge < -0.3 is 34.1 Å². The van der Waals surface area contributed by atoms with Gasteiger partial charge in [0.05, 0.1) is 32.8 Å². The zero-order valence-corrected chi connectivity index (χ0v) is 18.7. The van der Waals surface area contributed by atoms with Crippen LogP contribution in [0.5, 0.6) is 28.7 Å². The zero-order chi connectivity index (χ0) is 23.3. The molecule has 2 aromatic carbocycles. The van der Waals surface area contributed by atoms with Crippen LogP contribution >= 0.6 is 11.6 Å². The highest BCUT2D eigenvalue weighted by molar-refractivity contribution is 6.27. The minimum atomic E-state index is -0.600. The van der Waals surface area contributed by atoms with E-state index < -0.39 is 17.9 Å². The summed E-state index contributed by atoms with van der Waals surface area (Å²) in [5.41, 5.74) is 2.25. The Morgan fingerprint density at radius 1 is 1.09 bits per heavy atom. The fourth-order valence-corrected chi connectivity index (χ4v) is 5.13. The van der Waals surface area contributed by atoms with Gasteiger partial charge in [0.1, 0.15) is 5.88 Å². The van der Waals surface area contributed by atoms with E-state index in [1.54, 1.807) is 12.1 Å². The molecule has 3 aliphatic rings. The molecular weight excluding hydrogens is 454 g/mol. The number of alkyl halides is 1. The van der Waals surface area contributed by atoms with Crippen molar-refractivity contribution in [3.05, 3.63) is 41.0 Å². The number of halogens is 1. The van der Waals surface area contributed by atoms with Crippen molar-refractivity contribution in [1.82, 2.24) is 5.32 Å². The van der Waals surface area contributed by atoms with Crippen LogP contribution < -0.4 is 24.3 Å². The Hall–Kier alpha value is -3.33. The van der Waals surface area contributed by atoms with Crippen molar-refractivity contribution in [2.24, 2.45) is 11.8 Å². The molecule has 0 saturated carbocycles. The lowest BCUT2D eigenvalue weighted by atomic mass is 9.65. The fraction of sp³-hybridized carbons (Fsp3) is 0.391. The maximum Gasteiger partial charge on any atom is 0.310 e. The summed E-state index contributed by atoms with van der Waals surface area (Å²) in [6.07, 6.45) is 0. The van der Waals surface area contributed by atoms with E-state index in [-0.39, 0.29) is 54.3 Å². The van der Waals surface area contributed by atoms with Crippen molar-refractivity contribution in [3.8, 4) is 28.7 Å². The first-order valence-corrected chi connectivity index (χ1v) is 10.9. The summed E-state index contributed by atoms with van der Waals surface area (Å²) in [5.74, 6) is -0.946. The van der Waals surface area contributed by atoms with Crippen molar-refractivity contribution in [1.29, 1.82) is 0 Å². The van der Waals surface area contributed by atoms with Crippen LogP contribution in [0.15, 0.2) is 24.3 Å². The Bertz CT molecular complexity index is 1110. The molecule has 9 nitrogen and oxygen atoms in total. The number of amides is 1. The molecule has 2 aromatic rings. The van der Waals surface area contributed by atoms with Gasteiger partial charge in [-0.3, -0.25) is 9.59 Å². The van der Waals surface area contributed by atoms with E-state index in [0.717, 1.165) is 11.1 Å². The number of nitrogens with one attached hydrogen (secondary N) is 1. The lowest BCUT2D eigenvalue weighted by Crippen LogP contribution is -2.43. The van der Waals surface area contributed by atoms with E-state index >= 15 is 0 Å². The molecule has 1 amide bonds. The minimum Gasteiger partial charge on any atom is -0.502 e. The molecular formula is C23H22ClNO8. The van der Waals surface area contributed by atoms with Gasteiger partial charge in [0.15, 0.2) is 23.0 Å². The predicted octanol–water partition coefficient (Wildman–Crippen LogP) is 2.47. The second-order valence-electron chi connectivity index (χ2n) is 8.08. The first-order valence-electron chi connectivity index (χ1n) is 10.4. The highest BCUT2D eigenvalue weighted by Crippen LogP contribution is 2.55. The minimum absolute atomic E-state index is 0.0807. The van der Waals surface area contributed by atoms with E-state index in [2.05, 4.69) is 5.32 Å². The molecule has 0 aromatic heterocycles. The van der Waals surface area contributed by atoms with Gasteiger partial charge in [0.25, 0.3) is 0 Å². The van der Waals surface area contributed by atoms with E-state index in [0.29, 0.717) is 17.1 Å². The topological polar surface area (TPSA) is 113 Å². The number of hydrogen-bond donors (Lipinski definition) is 2. The number of fused-ring (bicyclic) bond motifs is 3. The van der Waals surface area contributed by atoms with E-state index in [4.69, 9.17) is 35.3 Å². The number of phenolic OH excluding ortho intramolecular Hbond substituents is 1. The smallest absolute Gasteiger partial charge is 0.310 e. The molecule has 174 valence electrons. The number of esters is 1. The van der Waals surface area contributed by atoms with Crippen molar-refractivity contribution in [2.45, 2.75) is 12.0 Å². The SMILES string of the molecule is COc1cc(C2c3cc4c(cc3[C@@H](NC(=O)CCl)[C@H]3COC(=O)[C@@H]23)OCO4)cc(OC)c1O. The molecule has 5 rings (SSSR count). The van der Waals surface area contributed by atoms with Gasteiger partial charge in [0.2, 0.25) is 18.4 Å². The maximum absolute atomic E-state index is 13.0. The highest BCUT2D eigenvalue weighted by Gasteiger charge is 2.53. The molecule has 10 heteroatoms. The standard InChI is InChI=1S/C23H22ClNO8/c1-29-16-3-10(4-17(30-2)22(16)27)19-11-5-14-15(33-9-32-14)6-12(11)21(25-18(26)7-24)13-8-31-23(28)20(13)19/h3-6,13,19-21,27H,7-9H2,1-2H3,(H,25,26)/t13-,19?,20+,21+/m0/s1. The van der Waals surface area contributed by atoms with Crippen LogP contribution in [0.1, 0.15) is 28.7 Å². The predicted molar refractivity (Wildman–Crippen MR) is 115 cm³/mol. The van der Waals surface area contributed by atoms with Crippen molar-refractivity contribution in [3.63, 3.8) is 0 Å². The normalized spacial score (nSPS) is 24.5. The lowest BCUT2D eigenvalue weighted by Gasteiger charge is -2.39. The van der Waals surface area contributed by atoms with E-state index in [1.807, 2.05) is 12.1 Å². The van der Waals surface area contributed by atoms with E-state index in [9.17, 15) is 14.7 Å². The molecule has 1 aliphatic carbocycles. The van der Waals surface area contributed by atoms with Gasteiger partial charge in [-0.2, -0.15) is 0 Å². The van der Waals surface area contributed by atoms with Crippen molar-refractivity contribution >= 4 is 23.5 Å². The van der Waals surface area contributed by atoms with Crippen LogP contribution in [0, 0.1) is 11.8 Å². The third-order valence-corrected chi connectivity index (χ3v) is 6.73. The number of carbonyl (C=O) groups excluding carboxylic acids is 2. The van der Waals surface area contributed by atoms with Gasteiger partial charge in [-0.15, -0.1) is 11.6 Å². The monoisotopic (exact) mass is 475 g/mol. The number of cyclic esters (lactones) is 1. The molecule has 0 spiro atoms. The molecule has 1 fully saturated rings. The molecule has 1 unspecified atom stereocenters. The Morgan fingerprint density at radius 3 is 2.33 bits per heavy atom. The Kier molecular flexibility index (Phi) is 5.36. The van der Waals surface area contributed by atoms with Crippen LogP contribution in [0.25, 0.3) is 0 Å². The molecule has 2 heterocycles. The number of methoxy groups -OCH3 is 2. The van der Waals surface area contributed by atoms with Crippen LogP contribution in [-0.2, 0) is 14.3 Å². The van der Waals surface area contributed by atoms with E-state index in [1.165, 1.54) is 14.2 Å². The van der Waals surface area contributed by atoms with Gasteiger partial charge in [-0.25, -0.2) is 0 Å². The van der Waals surface area contributed by atoms with Crippen molar-refractivity contribution in [2.75, 3.05) is 33.5 Å². The first kappa shape index (κ1) is 21.5. The average molecular weight is 476 g/mol. The molecule has 4 atom stereocenters. The zero-order valence-electron chi connectivity index (χ0n) is 17.9. The summed E-state index contributed by atoms with van der Waals surface area (Å²) in [6.45, 7) is 0.227. The molecule has 0 radical (unpaired) electrons. The number of aromatic hydroxyl groups is 1. The van der Waals surface area contributed by atoms with Gasteiger partial charge in [-0.1, -0.05) is 0 Å². The summed E-state index contributed by atoms with van der Waals surface area (Å²) >= 11 is 5.76. The Morgan fingerprint density at radius 2 is 1.73 bits per heavy atom. The Labute approximate surface area is 194 Å². The summed E-state index contributed by atoms with van der Waals surface area (Å²) in [5, 5.41) is 13.3. The quantitative estimate of drug-likeness (QED) is 0.501. The lowest BCUT2D eigenvalue weighted by molar-refractivity contribution is -0.141. The molecule has 2 aliphatic heterocycles. The highest BCUT2D eigenvalue weighted by atomic mass is 35.5. The first-order chi connectivity index (χ1) is 16.0. The molecule has 1 saturated heterocycles. The number of carbonyl (C=O) groups is 2.